The normalized spacial score (nSPS) is 12.9. The SMILES string of the molecule is CCC/C=C\C/C=C\CCCCCCCC(=O)OCCCCCCCCCCCCC(=O)NC(CO)C(O)/C=C/CCCCCCCCCCCCCCCCCCCCC. The Morgan fingerprint density at radius 2 is 0.852 bits per heavy atom. The van der Waals surface area contributed by atoms with Crippen LogP contribution in [0.1, 0.15) is 277 Å². The number of ether oxygens (including phenoxy) is 1. The summed E-state index contributed by atoms with van der Waals surface area (Å²) in [4.78, 5) is 24.5. The van der Waals surface area contributed by atoms with Gasteiger partial charge in [0, 0.05) is 12.8 Å². The first-order valence-corrected chi connectivity index (χ1v) is 26.8. The van der Waals surface area contributed by atoms with Gasteiger partial charge in [-0.25, -0.2) is 0 Å². The van der Waals surface area contributed by atoms with Crippen LogP contribution in [0, 0.1) is 0 Å². The maximum atomic E-state index is 12.5. The second kappa shape index (κ2) is 50.7. The lowest BCUT2D eigenvalue weighted by molar-refractivity contribution is -0.143. The van der Waals surface area contributed by atoms with Crippen molar-refractivity contribution in [2.45, 2.75) is 289 Å². The summed E-state index contributed by atoms with van der Waals surface area (Å²) in [5.41, 5.74) is 0. The van der Waals surface area contributed by atoms with E-state index in [1.54, 1.807) is 6.08 Å². The van der Waals surface area contributed by atoms with Gasteiger partial charge in [-0.2, -0.15) is 0 Å². The molecule has 0 aromatic heterocycles. The highest BCUT2D eigenvalue weighted by Gasteiger charge is 2.18. The second-order valence-electron chi connectivity index (χ2n) is 18.2. The molecule has 0 saturated carbocycles. The van der Waals surface area contributed by atoms with Gasteiger partial charge in [0.2, 0.25) is 5.91 Å². The van der Waals surface area contributed by atoms with Gasteiger partial charge >= 0.3 is 5.97 Å². The second-order valence-corrected chi connectivity index (χ2v) is 18.2. The Hall–Kier alpha value is -1.92. The lowest BCUT2D eigenvalue weighted by Gasteiger charge is -2.20. The molecule has 3 N–H and O–H groups in total. The molecule has 0 aliphatic rings. The molecule has 0 aromatic carbocycles. The average molecular weight is 858 g/mol. The number of unbranched alkanes of at least 4 members (excludes halogenated alkanes) is 34. The topological polar surface area (TPSA) is 95.9 Å². The number of carbonyl (C=O) groups is 2. The van der Waals surface area contributed by atoms with Crippen molar-refractivity contribution in [3.8, 4) is 0 Å². The van der Waals surface area contributed by atoms with Gasteiger partial charge < -0.3 is 20.3 Å². The molecule has 2 atom stereocenters. The zero-order valence-corrected chi connectivity index (χ0v) is 40.6. The smallest absolute Gasteiger partial charge is 0.305 e. The lowest BCUT2D eigenvalue weighted by Crippen LogP contribution is -2.45. The van der Waals surface area contributed by atoms with Crippen molar-refractivity contribution in [2.75, 3.05) is 13.2 Å². The third kappa shape index (κ3) is 47.4. The Balaban J connectivity index is 3.53. The first kappa shape index (κ1) is 59.1. The molecule has 0 rings (SSSR count). The highest BCUT2D eigenvalue weighted by atomic mass is 16.5. The molecular weight excluding hydrogens is 755 g/mol. The first-order valence-electron chi connectivity index (χ1n) is 26.8. The Morgan fingerprint density at radius 1 is 0.459 bits per heavy atom. The molecule has 0 radical (unpaired) electrons. The van der Waals surface area contributed by atoms with Crippen molar-refractivity contribution < 1.29 is 24.5 Å². The maximum absolute atomic E-state index is 12.5. The minimum atomic E-state index is -0.861. The summed E-state index contributed by atoms with van der Waals surface area (Å²) in [7, 11) is 0. The zero-order chi connectivity index (χ0) is 44.4. The molecule has 0 bridgehead atoms. The van der Waals surface area contributed by atoms with Crippen LogP contribution in [0.3, 0.4) is 0 Å². The molecule has 0 fully saturated rings. The summed E-state index contributed by atoms with van der Waals surface area (Å²) in [6.45, 7) is 4.78. The van der Waals surface area contributed by atoms with Crippen LogP contribution in [0.2, 0.25) is 0 Å². The average Bonchev–Trinajstić information content (AvgIpc) is 3.26. The quantitative estimate of drug-likeness (QED) is 0.0322. The fraction of sp³-hybridized carbons (Fsp3) is 0.855. The van der Waals surface area contributed by atoms with Gasteiger partial charge in [0.15, 0.2) is 0 Å². The molecule has 2 unspecified atom stereocenters. The third-order valence-corrected chi connectivity index (χ3v) is 12.1. The van der Waals surface area contributed by atoms with Crippen LogP contribution >= 0.6 is 0 Å². The summed E-state index contributed by atoms with van der Waals surface area (Å²) in [6, 6.07) is -0.646. The van der Waals surface area contributed by atoms with Gasteiger partial charge in [-0.05, 0) is 57.8 Å². The molecule has 0 heterocycles. The summed E-state index contributed by atoms with van der Waals surface area (Å²) in [5.74, 6) is -0.127. The maximum Gasteiger partial charge on any atom is 0.305 e. The van der Waals surface area contributed by atoms with E-state index in [9.17, 15) is 19.8 Å². The van der Waals surface area contributed by atoms with Crippen LogP contribution in [0.25, 0.3) is 0 Å². The highest BCUT2D eigenvalue weighted by Crippen LogP contribution is 2.16. The van der Waals surface area contributed by atoms with E-state index < -0.39 is 12.1 Å². The van der Waals surface area contributed by atoms with Crippen molar-refractivity contribution in [3.63, 3.8) is 0 Å². The van der Waals surface area contributed by atoms with Crippen LogP contribution in [-0.4, -0.2) is 47.4 Å². The van der Waals surface area contributed by atoms with Crippen molar-refractivity contribution >= 4 is 11.9 Å². The molecule has 0 spiro atoms. The van der Waals surface area contributed by atoms with Crippen molar-refractivity contribution in [1.82, 2.24) is 5.32 Å². The molecule has 6 heteroatoms. The number of allylic oxidation sites excluding steroid dienone is 5. The minimum Gasteiger partial charge on any atom is -0.466 e. The van der Waals surface area contributed by atoms with Gasteiger partial charge in [-0.15, -0.1) is 0 Å². The molecule has 358 valence electrons. The van der Waals surface area contributed by atoms with E-state index in [0.29, 0.717) is 19.4 Å². The standard InChI is InChI=1S/C55H103NO5/c1-3-5-7-9-11-13-15-17-18-19-20-21-22-23-24-26-27-31-35-39-43-47-53(58)52(51-57)56-54(59)48-44-40-36-32-29-30-34-38-42-46-50-61-55(60)49-45-41-37-33-28-25-16-14-12-10-8-6-4-2/h8,10,14,16,43,47,52-53,57-58H,3-7,9,11-13,15,17-42,44-46,48-51H2,1-2H3,(H,56,59)/b10-8-,16-14-,47-43+. The van der Waals surface area contributed by atoms with Crippen LogP contribution in [0.4, 0.5) is 0 Å². The van der Waals surface area contributed by atoms with Gasteiger partial charge in [-0.3, -0.25) is 9.59 Å². The third-order valence-electron chi connectivity index (χ3n) is 12.1. The van der Waals surface area contributed by atoms with Crippen LogP contribution < -0.4 is 5.32 Å². The van der Waals surface area contributed by atoms with E-state index in [2.05, 4.69) is 43.5 Å². The summed E-state index contributed by atoms with van der Waals surface area (Å²) in [6.07, 6.45) is 61.5. The van der Waals surface area contributed by atoms with Crippen LogP contribution in [0.15, 0.2) is 36.5 Å². The predicted octanol–water partition coefficient (Wildman–Crippen LogP) is 16.1. The van der Waals surface area contributed by atoms with Crippen molar-refractivity contribution in [3.05, 3.63) is 36.5 Å². The van der Waals surface area contributed by atoms with Crippen LogP contribution in [0.5, 0.6) is 0 Å². The zero-order valence-electron chi connectivity index (χ0n) is 40.6. The summed E-state index contributed by atoms with van der Waals surface area (Å²) >= 11 is 0. The molecule has 61 heavy (non-hydrogen) atoms. The van der Waals surface area contributed by atoms with Gasteiger partial charge in [0.1, 0.15) is 0 Å². The molecular formula is C55H103NO5. The van der Waals surface area contributed by atoms with E-state index in [4.69, 9.17) is 4.74 Å². The Morgan fingerprint density at radius 3 is 1.31 bits per heavy atom. The number of aliphatic hydroxyl groups excluding tert-OH is 2. The molecule has 0 saturated heterocycles. The summed E-state index contributed by atoms with van der Waals surface area (Å²) in [5, 5.41) is 23.1. The fourth-order valence-electron chi connectivity index (χ4n) is 8.02. The first-order chi connectivity index (χ1) is 30.0. The minimum absolute atomic E-state index is 0.0362. The number of carbonyl (C=O) groups excluding carboxylic acids is 2. The fourth-order valence-corrected chi connectivity index (χ4v) is 8.02. The molecule has 0 aliphatic carbocycles. The van der Waals surface area contributed by atoms with Crippen LogP contribution in [-0.2, 0) is 14.3 Å². The van der Waals surface area contributed by atoms with Gasteiger partial charge in [-0.1, -0.05) is 243 Å². The predicted molar refractivity (Wildman–Crippen MR) is 264 cm³/mol. The number of esters is 1. The molecule has 1 amide bonds. The summed E-state index contributed by atoms with van der Waals surface area (Å²) < 4.78 is 5.44. The molecule has 0 aromatic rings. The van der Waals surface area contributed by atoms with E-state index >= 15 is 0 Å². The number of nitrogens with one attached hydrogen (secondary N) is 1. The van der Waals surface area contributed by atoms with E-state index in [-0.39, 0.29) is 18.5 Å². The Bertz CT molecular complexity index is 993. The highest BCUT2D eigenvalue weighted by molar-refractivity contribution is 5.76. The monoisotopic (exact) mass is 858 g/mol. The number of hydrogen-bond acceptors (Lipinski definition) is 5. The largest absolute Gasteiger partial charge is 0.466 e. The Kier molecular flexibility index (Phi) is 49.1. The number of aliphatic hydroxyl groups is 2. The number of hydrogen-bond donors (Lipinski definition) is 3. The van der Waals surface area contributed by atoms with Crippen molar-refractivity contribution in [2.24, 2.45) is 0 Å². The number of amides is 1. The van der Waals surface area contributed by atoms with Gasteiger partial charge in [0.25, 0.3) is 0 Å². The van der Waals surface area contributed by atoms with E-state index in [1.165, 1.54) is 180 Å². The molecule has 0 aliphatic heterocycles. The Labute approximate surface area is 379 Å². The van der Waals surface area contributed by atoms with Crippen molar-refractivity contribution in [1.29, 1.82) is 0 Å². The van der Waals surface area contributed by atoms with Gasteiger partial charge in [0.05, 0.1) is 25.4 Å². The number of rotatable bonds is 49. The van der Waals surface area contributed by atoms with E-state index in [1.807, 2.05) is 6.08 Å². The molecule has 6 nitrogen and oxygen atoms in total. The van der Waals surface area contributed by atoms with E-state index in [0.717, 1.165) is 70.6 Å². The lowest BCUT2D eigenvalue weighted by atomic mass is 10.0.